The number of rotatable bonds is 6. The third-order valence-electron chi connectivity index (χ3n) is 6.62. The minimum absolute atomic E-state index is 0.0857. The second-order valence-electron chi connectivity index (χ2n) is 8.88. The molecule has 1 aromatic heterocycles. The van der Waals surface area contributed by atoms with Crippen LogP contribution in [0.25, 0.3) is 22.0 Å². The second kappa shape index (κ2) is 8.71. The standard InChI is InChI=1S/C28H26N2O4/c1-16-10-11-22-23(12-16)20-7-3-4-8-21(20)24(22)15-34-28(33)30-25(27(31)32)13-18-14-29-26-17(2)6-5-9-19(18)26/h3-12,14,24-25,29H,13,15H2,1-2H3,(H,30,33)(H,31,32)/t24?,25-/m0/s1. The van der Waals surface area contributed by atoms with Crippen LogP contribution < -0.4 is 5.32 Å². The molecule has 2 atom stereocenters. The molecule has 1 amide bonds. The summed E-state index contributed by atoms with van der Waals surface area (Å²) in [7, 11) is 0. The van der Waals surface area contributed by atoms with E-state index >= 15 is 0 Å². The number of fused-ring (bicyclic) bond motifs is 4. The highest BCUT2D eigenvalue weighted by Gasteiger charge is 2.30. The lowest BCUT2D eigenvalue weighted by Gasteiger charge is -2.17. The number of hydrogen-bond donors (Lipinski definition) is 3. The lowest BCUT2D eigenvalue weighted by atomic mass is 9.97. The lowest BCUT2D eigenvalue weighted by Crippen LogP contribution is -2.42. The number of amides is 1. The maximum absolute atomic E-state index is 12.6. The molecule has 0 bridgehead atoms. The van der Waals surface area contributed by atoms with Gasteiger partial charge in [-0.1, -0.05) is 66.2 Å². The normalized spacial score (nSPS) is 14.9. The van der Waals surface area contributed by atoms with Crippen molar-refractivity contribution in [3.8, 4) is 11.1 Å². The van der Waals surface area contributed by atoms with Gasteiger partial charge in [0.1, 0.15) is 12.6 Å². The molecule has 6 nitrogen and oxygen atoms in total. The zero-order chi connectivity index (χ0) is 23.8. The van der Waals surface area contributed by atoms with E-state index in [1.54, 1.807) is 6.20 Å². The van der Waals surface area contributed by atoms with Gasteiger partial charge in [-0.05, 0) is 47.2 Å². The fourth-order valence-corrected chi connectivity index (χ4v) is 4.90. The number of carboxylic acids is 1. The molecule has 3 aromatic carbocycles. The molecule has 1 aliphatic rings. The van der Waals surface area contributed by atoms with Crippen LogP contribution in [-0.2, 0) is 16.0 Å². The van der Waals surface area contributed by atoms with E-state index in [0.29, 0.717) is 0 Å². The minimum Gasteiger partial charge on any atom is -0.480 e. The van der Waals surface area contributed by atoms with E-state index in [1.807, 2.05) is 37.3 Å². The summed E-state index contributed by atoms with van der Waals surface area (Å²) in [5.74, 6) is -1.19. The van der Waals surface area contributed by atoms with E-state index in [4.69, 9.17) is 4.74 Å². The summed E-state index contributed by atoms with van der Waals surface area (Å²) in [4.78, 5) is 27.7. The van der Waals surface area contributed by atoms with Gasteiger partial charge in [0.2, 0.25) is 0 Å². The van der Waals surface area contributed by atoms with Crippen LogP contribution in [0.2, 0.25) is 0 Å². The molecule has 1 heterocycles. The van der Waals surface area contributed by atoms with E-state index in [9.17, 15) is 14.7 Å². The van der Waals surface area contributed by atoms with Crippen LogP contribution in [0.15, 0.2) is 66.9 Å². The SMILES string of the molecule is Cc1ccc2c(c1)-c1ccccc1C2COC(=O)N[C@@H](Cc1c[nH]c2c(C)cccc12)C(=O)O. The molecule has 34 heavy (non-hydrogen) atoms. The average Bonchev–Trinajstić information content (AvgIpc) is 3.37. The van der Waals surface area contributed by atoms with Crippen molar-refractivity contribution in [2.75, 3.05) is 6.61 Å². The molecule has 172 valence electrons. The molecular weight excluding hydrogens is 428 g/mol. The van der Waals surface area contributed by atoms with Crippen LogP contribution in [0.5, 0.6) is 0 Å². The molecule has 5 rings (SSSR count). The van der Waals surface area contributed by atoms with Crippen molar-refractivity contribution in [1.29, 1.82) is 0 Å². The first-order chi connectivity index (χ1) is 16.4. The lowest BCUT2D eigenvalue weighted by molar-refractivity contribution is -0.139. The first-order valence-electron chi connectivity index (χ1n) is 11.3. The molecule has 0 radical (unpaired) electrons. The number of aryl methyl sites for hydroxylation is 2. The molecular formula is C28H26N2O4. The third-order valence-corrected chi connectivity index (χ3v) is 6.62. The number of carbonyl (C=O) groups is 2. The summed E-state index contributed by atoms with van der Waals surface area (Å²) in [5.41, 5.74) is 8.58. The third kappa shape index (κ3) is 3.92. The van der Waals surface area contributed by atoms with Gasteiger partial charge in [0.05, 0.1) is 0 Å². The van der Waals surface area contributed by atoms with Gasteiger partial charge in [-0.25, -0.2) is 9.59 Å². The molecule has 0 saturated carbocycles. The molecule has 1 unspecified atom stereocenters. The Hall–Kier alpha value is -4.06. The fraction of sp³-hybridized carbons (Fsp3) is 0.214. The highest BCUT2D eigenvalue weighted by atomic mass is 16.5. The van der Waals surface area contributed by atoms with Crippen LogP contribution in [0.1, 0.15) is 33.7 Å². The zero-order valence-electron chi connectivity index (χ0n) is 19.1. The molecule has 4 aromatic rings. The van der Waals surface area contributed by atoms with Crippen molar-refractivity contribution >= 4 is 23.0 Å². The monoisotopic (exact) mass is 454 g/mol. The maximum Gasteiger partial charge on any atom is 0.407 e. The Balaban J connectivity index is 1.30. The van der Waals surface area contributed by atoms with Gasteiger partial charge in [-0.2, -0.15) is 0 Å². The van der Waals surface area contributed by atoms with Crippen LogP contribution in [0.3, 0.4) is 0 Å². The molecule has 0 saturated heterocycles. The smallest absolute Gasteiger partial charge is 0.407 e. The van der Waals surface area contributed by atoms with Gasteiger partial charge in [0.25, 0.3) is 0 Å². The molecule has 6 heteroatoms. The summed E-state index contributed by atoms with van der Waals surface area (Å²) < 4.78 is 5.56. The van der Waals surface area contributed by atoms with Gasteiger partial charge in [-0.3, -0.25) is 0 Å². The van der Waals surface area contributed by atoms with E-state index < -0.39 is 18.1 Å². The van der Waals surface area contributed by atoms with E-state index in [2.05, 4.69) is 47.6 Å². The van der Waals surface area contributed by atoms with Gasteiger partial charge >= 0.3 is 12.1 Å². The Morgan fingerprint density at radius 1 is 1.03 bits per heavy atom. The number of benzene rings is 3. The van der Waals surface area contributed by atoms with Crippen LogP contribution in [0.4, 0.5) is 4.79 Å². The second-order valence-corrected chi connectivity index (χ2v) is 8.88. The number of aliphatic carboxylic acids is 1. The van der Waals surface area contributed by atoms with Crippen molar-refractivity contribution < 1.29 is 19.4 Å². The Morgan fingerprint density at radius 3 is 2.65 bits per heavy atom. The van der Waals surface area contributed by atoms with Gasteiger partial charge < -0.3 is 20.1 Å². The van der Waals surface area contributed by atoms with E-state index in [1.165, 1.54) is 5.56 Å². The largest absolute Gasteiger partial charge is 0.480 e. The number of carbonyl (C=O) groups excluding carboxylic acids is 1. The van der Waals surface area contributed by atoms with Crippen molar-refractivity contribution in [3.05, 3.63) is 94.7 Å². The number of hydrogen-bond acceptors (Lipinski definition) is 3. The van der Waals surface area contributed by atoms with Crippen LogP contribution >= 0.6 is 0 Å². The topological polar surface area (TPSA) is 91.4 Å². The van der Waals surface area contributed by atoms with Crippen LogP contribution in [-0.4, -0.2) is 34.8 Å². The van der Waals surface area contributed by atoms with Crippen molar-refractivity contribution in [1.82, 2.24) is 10.3 Å². The quantitative estimate of drug-likeness (QED) is 0.368. The average molecular weight is 455 g/mol. The highest BCUT2D eigenvalue weighted by molar-refractivity contribution is 5.87. The fourth-order valence-electron chi connectivity index (χ4n) is 4.90. The number of para-hydroxylation sites is 1. The summed E-state index contributed by atoms with van der Waals surface area (Å²) >= 11 is 0. The van der Waals surface area contributed by atoms with Gasteiger partial charge in [0.15, 0.2) is 0 Å². The summed E-state index contributed by atoms with van der Waals surface area (Å²) in [6.07, 6.45) is 1.22. The number of H-pyrrole nitrogens is 1. The van der Waals surface area contributed by atoms with E-state index in [-0.39, 0.29) is 18.9 Å². The first kappa shape index (κ1) is 21.8. The molecule has 3 N–H and O–H groups in total. The number of aromatic amines is 1. The van der Waals surface area contributed by atoms with Crippen LogP contribution in [0, 0.1) is 13.8 Å². The summed E-state index contributed by atoms with van der Waals surface area (Å²) in [5, 5.41) is 13.2. The maximum atomic E-state index is 12.6. The Kier molecular flexibility index (Phi) is 5.57. The molecule has 1 aliphatic carbocycles. The number of ether oxygens (including phenoxy) is 1. The summed E-state index contributed by atoms with van der Waals surface area (Å²) in [6.45, 7) is 4.19. The Bertz CT molecular complexity index is 1400. The number of aromatic nitrogens is 1. The number of nitrogens with one attached hydrogen (secondary N) is 2. The van der Waals surface area contributed by atoms with Gasteiger partial charge in [0, 0.05) is 29.4 Å². The number of carboxylic acid groups (broad SMARTS) is 1. The number of alkyl carbamates (subject to hydrolysis) is 1. The Labute approximate surface area is 197 Å². The predicted octanol–water partition coefficient (Wildman–Crippen LogP) is 5.32. The van der Waals surface area contributed by atoms with Crippen molar-refractivity contribution in [3.63, 3.8) is 0 Å². The van der Waals surface area contributed by atoms with Gasteiger partial charge in [-0.15, -0.1) is 0 Å². The molecule has 0 aliphatic heterocycles. The minimum atomic E-state index is -1.11. The zero-order valence-corrected chi connectivity index (χ0v) is 19.1. The summed E-state index contributed by atoms with van der Waals surface area (Å²) in [6, 6.07) is 19.2. The predicted molar refractivity (Wildman–Crippen MR) is 131 cm³/mol. The molecule has 0 spiro atoms. The highest BCUT2D eigenvalue weighted by Crippen LogP contribution is 2.45. The molecule has 0 fully saturated rings. The first-order valence-corrected chi connectivity index (χ1v) is 11.3. The van der Waals surface area contributed by atoms with Crippen molar-refractivity contribution in [2.45, 2.75) is 32.2 Å². The van der Waals surface area contributed by atoms with Crippen molar-refractivity contribution in [2.24, 2.45) is 0 Å². The Morgan fingerprint density at radius 2 is 1.82 bits per heavy atom. The van der Waals surface area contributed by atoms with E-state index in [0.717, 1.165) is 44.3 Å².